The van der Waals surface area contributed by atoms with E-state index in [1.807, 2.05) is 31.2 Å². The summed E-state index contributed by atoms with van der Waals surface area (Å²) in [5.41, 5.74) is 2.88. The van der Waals surface area contributed by atoms with Crippen molar-refractivity contribution < 1.29 is 31.0 Å². The third-order valence-electron chi connectivity index (χ3n) is 1.83. The molecule has 14 heavy (non-hydrogen) atoms. The zero-order valence-corrected chi connectivity index (χ0v) is 10.8. The number of halogens is 1. The van der Waals surface area contributed by atoms with Crippen molar-refractivity contribution in [3.63, 3.8) is 0 Å². The van der Waals surface area contributed by atoms with Gasteiger partial charge in [-0.15, -0.1) is 5.10 Å². The average Bonchev–Trinajstić information content (AvgIpc) is 2.53. The Kier molecular flexibility index (Phi) is 4.13. The van der Waals surface area contributed by atoms with Gasteiger partial charge in [-0.25, -0.2) is 0 Å². The molecule has 0 saturated heterocycles. The molecule has 0 amide bonds. The molecule has 0 bridgehead atoms. The zero-order valence-electron chi connectivity index (χ0n) is 9.08. The van der Waals surface area contributed by atoms with Crippen LogP contribution in [0.2, 0.25) is 5.15 Å². The maximum atomic E-state index is 5.81. The van der Waals surface area contributed by atoms with E-state index in [-0.39, 0.29) is 31.0 Å². The summed E-state index contributed by atoms with van der Waals surface area (Å²) in [4.78, 5) is 0. The minimum absolute atomic E-state index is 0. The van der Waals surface area contributed by atoms with Gasteiger partial charge in [0.2, 0.25) is 0 Å². The summed E-state index contributed by atoms with van der Waals surface area (Å²) in [6.07, 6.45) is 0. The molecule has 68 valence electrons. The average molecular weight is 218 g/mol. The van der Waals surface area contributed by atoms with Crippen LogP contribution in [0.15, 0.2) is 24.3 Å². The number of H-pyrrole nitrogens is 1. The number of hydrogen-bond donors (Lipinski definition) is 1. The first-order valence-corrected chi connectivity index (χ1v) is 4.28. The molecule has 0 fully saturated rings. The van der Waals surface area contributed by atoms with Crippen molar-refractivity contribution in [3.05, 3.63) is 35.0 Å². The van der Waals surface area contributed by atoms with E-state index in [0.717, 1.165) is 5.56 Å². The van der Waals surface area contributed by atoms with Crippen molar-refractivity contribution in [3.8, 4) is 11.3 Å². The van der Waals surface area contributed by atoms with Crippen molar-refractivity contribution in [1.82, 2.24) is 15.4 Å². The molecule has 2 rings (SSSR count). The molecule has 0 aliphatic carbocycles. The minimum atomic E-state index is 0. The smallest absolute Gasteiger partial charge is 1.00 e. The first-order valence-electron chi connectivity index (χ1n) is 3.90. The monoisotopic (exact) mass is 217 g/mol. The van der Waals surface area contributed by atoms with E-state index < -0.39 is 0 Å². The van der Waals surface area contributed by atoms with E-state index in [0.29, 0.717) is 10.8 Å². The molecule has 0 aliphatic rings. The van der Waals surface area contributed by atoms with Gasteiger partial charge in [-0.3, -0.25) is 0 Å². The minimum Gasteiger partial charge on any atom is -1.00 e. The van der Waals surface area contributed by atoms with Crippen LogP contribution in [0.3, 0.4) is 0 Å². The molecule has 3 nitrogen and oxygen atoms in total. The number of benzene rings is 1. The van der Waals surface area contributed by atoms with Crippen molar-refractivity contribution in [2.45, 2.75) is 6.92 Å². The second-order valence-corrected chi connectivity index (χ2v) is 3.19. The molecule has 1 aromatic carbocycles. The molecule has 5 heteroatoms. The Morgan fingerprint density at radius 2 is 1.86 bits per heavy atom. The zero-order chi connectivity index (χ0) is 9.26. The fourth-order valence-electron chi connectivity index (χ4n) is 1.11. The third kappa shape index (κ3) is 2.36. The summed E-state index contributed by atoms with van der Waals surface area (Å²) >= 11 is 5.81. The number of aromatic amines is 1. The van der Waals surface area contributed by atoms with Crippen LogP contribution in [-0.4, -0.2) is 15.4 Å². The Morgan fingerprint density at radius 1 is 1.21 bits per heavy atom. The van der Waals surface area contributed by atoms with Gasteiger partial charge in [-0.1, -0.05) is 41.4 Å². The first-order chi connectivity index (χ1) is 6.27. The molecule has 0 aliphatic heterocycles. The Morgan fingerprint density at radius 3 is 2.36 bits per heavy atom. The van der Waals surface area contributed by atoms with Crippen LogP contribution < -0.4 is 29.6 Å². The molecule has 0 unspecified atom stereocenters. The Labute approximate surface area is 111 Å². The maximum absolute atomic E-state index is 5.81. The number of aryl methyl sites for hydroxylation is 1. The van der Waals surface area contributed by atoms with E-state index in [4.69, 9.17) is 11.6 Å². The van der Waals surface area contributed by atoms with Crippen LogP contribution in [-0.2, 0) is 0 Å². The molecule has 0 saturated carbocycles. The molecular weight excluding hydrogens is 209 g/mol. The van der Waals surface area contributed by atoms with Gasteiger partial charge < -0.3 is 1.43 Å². The second-order valence-electron chi connectivity index (χ2n) is 2.83. The van der Waals surface area contributed by atoms with Gasteiger partial charge in [0.15, 0.2) is 5.15 Å². The first kappa shape index (κ1) is 11.7. The predicted molar refractivity (Wildman–Crippen MR) is 52.7 cm³/mol. The van der Waals surface area contributed by atoms with Crippen LogP contribution in [0, 0.1) is 6.92 Å². The molecule has 0 atom stereocenters. The number of rotatable bonds is 1. The van der Waals surface area contributed by atoms with Crippen LogP contribution in [0.1, 0.15) is 6.99 Å². The van der Waals surface area contributed by atoms with Crippen molar-refractivity contribution in [2.75, 3.05) is 0 Å². The van der Waals surface area contributed by atoms with Gasteiger partial charge in [0.05, 0.1) is 0 Å². The third-order valence-corrected chi connectivity index (χ3v) is 2.09. The van der Waals surface area contributed by atoms with Crippen LogP contribution in [0.25, 0.3) is 11.3 Å². The SMILES string of the molecule is Cc1ccc(-c2n[nH]nc2Cl)cc1.[H-].[Na+]. The number of nitrogens with one attached hydrogen (secondary N) is 1. The molecule has 2 aromatic rings. The molecule has 1 N–H and O–H groups in total. The number of aromatic nitrogens is 3. The van der Waals surface area contributed by atoms with E-state index in [1.165, 1.54) is 5.56 Å². The summed E-state index contributed by atoms with van der Waals surface area (Å²) in [5, 5.41) is 10.6. The van der Waals surface area contributed by atoms with Crippen molar-refractivity contribution in [1.29, 1.82) is 0 Å². The molecule has 1 aromatic heterocycles. The molecule has 0 radical (unpaired) electrons. The normalized spacial score (nSPS) is 9.57. The fourth-order valence-corrected chi connectivity index (χ4v) is 1.30. The van der Waals surface area contributed by atoms with Crippen LogP contribution >= 0.6 is 11.6 Å². The summed E-state index contributed by atoms with van der Waals surface area (Å²) in [6.45, 7) is 2.04. The Hall–Kier alpha value is -0.350. The summed E-state index contributed by atoms with van der Waals surface area (Å²) in [7, 11) is 0. The van der Waals surface area contributed by atoms with Crippen LogP contribution in [0.5, 0.6) is 0 Å². The van der Waals surface area contributed by atoms with E-state index in [2.05, 4.69) is 15.4 Å². The van der Waals surface area contributed by atoms with Gasteiger partial charge in [-0.2, -0.15) is 10.3 Å². The van der Waals surface area contributed by atoms with Gasteiger partial charge in [0.1, 0.15) is 5.69 Å². The van der Waals surface area contributed by atoms with Crippen molar-refractivity contribution >= 4 is 11.6 Å². The molecule has 0 spiro atoms. The fraction of sp³-hybridized carbons (Fsp3) is 0.111. The Balaban J connectivity index is 0.000000980. The summed E-state index contributed by atoms with van der Waals surface area (Å²) in [6, 6.07) is 7.97. The van der Waals surface area contributed by atoms with Crippen molar-refractivity contribution in [2.24, 2.45) is 0 Å². The summed E-state index contributed by atoms with van der Waals surface area (Å²) in [5.74, 6) is 0. The number of nitrogens with zero attached hydrogens (tertiary/aromatic N) is 2. The topological polar surface area (TPSA) is 41.6 Å². The standard InChI is InChI=1S/C9H8ClN3.Na.H/c1-6-2-4-7(5-3-6)8-9(10)12-13-11-8;;/h2-5H,1H3,(H,11,12,13);;/q;+1;-1. The van der Waals surface area contributed by atoms with E-state index >= 15 is 0 Å². The van der Waals surface area contributed by atoms with E-state index in [1.54, 1.807) is 0 Å². The van der Waals surface area contributed by atoms with E-state index in [9.17, 15) is 0 Å². The van der Waals surface area contributed by atoms with Gasteiger partial charge >= 0.3 is 29.6 Å². The van der Waals surface area contributed by atoms with Gasteiger partial charge in [-0.05, 0) is 6.92 Å². The largest absolute Gasteiger partial charge is 1.00 e. The Bertz CT molecular complexity index is 416. The summed E-state index contributed by atoms with van der Waals surface area (Å²) < 4.78 is 0. The van der Waals surface area contributed by atoms with Gasteiger partial charge in [0, 0.05) is 5.56 Å². The second kappa shape index (κ2) is 4.94. The predicted octanol–water partition coefficient (Wildman–Crippen LogP) is -0.450. The molecule has 1 heterocycles. The maximum Gasteiger partial charge on any atom is 1.00 e. The van der Waals surface area contributed by atoms with Crippen LogP contribution in [0.4, 0.5) is 0 Å². The number of hydrogen-bond acceptors (Lipinski definition) is 2. The molecular formula is C9H9ClN3Na. The van der Waals surface area contributed by atoms with Gasteiger partial charge in [0.25, 0.3) is 0 Å². The quantitative estimate of drug-likeness (QED) is 0.658.